The average Bonchev–Trinajstić information content (AvgIpc) is 3.08. The number of anilines is 1. The summed E-state index contributed by atoms with van der Waals surface area (Å²) < 4.78 is 30.8. The highest BCUT2D eigenvalue weighted by atomic mass is 32.2. The number of nitrogens with two attached hydrogens (primary N) is 1. The van der Waals surface area contributed by atoms with E-state index >= 15 is 0 Å². The van der Waals surface area contributed by atoms with Gasteiger partial charge in [-0.1, -0.05) is 24.3 Å². The van der Waals surface area contributed by atoms with Gasteiger partial charge in [-0.2, -0.15) is 5.10 Å². The second-order valence-electron chi connectivity index (χ2n) is 7.52. The molecule has 1 fully saturated rings. The lowest BCUT2D eigenvalue weighted by Gasteiger charge is -2.23. The van der Waals surface area contributed by atoms with Crippen molar-refractivity contribution in [2.75, 3.05) is 11.9 Å². The van der Waals surface area contributed by atoms with Gasteiger partial charge in [-0.05, 0) is 49.9 Å². The number of rotatable bonds is 5. The first-order chi connectivity index (χ1) is 14.3. The number of amides is 1. The van der Waals surface area contributed by atoms with Crippen LogP contribution >= 0.6 is 0 Å². The largest absolute Gasteiger partial charge is 0.376 e. The molecule has 0 radical (unpaired) electrons. The summed E-state index contributed by atoms with van der Waals surface area (Å²) in [5.41, 5.74) is 2.50. The monoisotopic (exact) mass is 428 g/mol. The normalized spacial score (nSPS) is 17.2. The summed E-state index contributed by atoms with van der Waals surface area (Å²) in [5, 5.41) is 13.4. The Morgan fingerprint density at radius 3 is 2.80 bits per heavy atom. The van der Waals surface area contributed by atoms with E-state index in [1.54, 1.807) is 10.7 Å². The van der Waals surface area contributed by atoms with Crippen LogP contribution in [-0.2, 0) is 21.3 Å². The summed E-state index contributed by atoms with van der Waals surface area (Å²) in [4.78, 5) is 13.2. The van der Waals surface area contributed by atoms with E-state index in [9.17, 15) is 13.2 Å². The van der Waals surface area contributed by atoms with E-state index in [4.69, 9.17) is 9.88 Å². The molecule has 1 aromatic heterocycles. The van der Waals surface area contributed by atoms with E-state index in [0.717, 1.165) is 35.7 Å². The molecule has 158 valence electrons. The van der Waals surface area contributed by atoms with Crippen LogP contribution in [0.4, 0.5) is 5.69 Å². The minimum Gasteiger partial charge on any atom is -0.376 e. The van der Waals surface area contributed by atoms with Gasteiger partial charge in [0.2, 0.25) is 10.0 Å². The van der Waals surface area contributed by atoms with Gasteiger partial charge in [-0.3, -0.25) is 9.48 Å². The van der Waals surface area contributed by atoms with Gasteiger partial charge in [0.15, 0.2) is 0 Å². The maximum Gasteiger partial charge on any atom is 0.274 e. The Morgan fingerprint density at radius 1 is 1.27 bits per heavy atom. The highest BCUT2D eigenvalue weighted by Gasteiger charge is 2.23. The average molecular weight is 429 g/mol. The van der Waals surface area contributed by atoms with Crippen LogP contribution in [0, 0.1) is 6.92 Å². The molecule has 2 aromatic carbocycles. The number of nitrogens with zero attached hydrogens (tertiary/aromatic N) is 2. The molecule has 2 heterocycles. The molecular formula is C21H24N4O4S. The van der Waals surface area contributed by atoms with Crippen LogP contribution in [0.15, 0.2) is 47.4 Å². The number of nitrogens with one attached hydrogen (secondary N) is 1. The first-order valence-electron chi connectivity index (χ1n) is 9.85. The molecule has 8 nitrogen and oxygen atoms in total. The van der Waals surface area contributed by atoms with Crippen LogP contribution in [0.3, 0.4) is 0 Å². The third-order valence-corrected chi connectivity index (χ3v) is 6.17. The summed E-state index contributed by atoms with van der Waals surface area (Å²) in [6.07, 6.45) is 3.06. The number of fused-ring (bicyclic) bond motifs is 1. The lowest BCUT2D eigenvalue weighted by atomic mass is 10.1. The van der Waals surface area contributed by atoms with Crippen molar-refractivity contribution in [2.24, 2.45) is 5.14 Å². The van der Waals surface area contributed by atoms with Crippen LogP contribution in [0.25, 0.3) is 10.9 Å². The Hall–Kier alpha value is -2.75. The van der Waals surface area contributed by atoms with E-state index < -0.39 is 10.0 Å². The Labute approximate surface area is 175 Å². The molecule has 0 saturated carbocycles. The van der Waals surface area contributed by atoms with Gasteiger partial charge in [0.25, 0.3) is 5.91 Å². The fourth-order valence-corrected chi connectivity index (χ4v) is 4.31. The number of aromatic nitrogens is 2. The number of sulfonamides is 1. The van der Waals surface area contributed by atoms with Gasteiger partial charge < -0.3 is 10.1 Å². The van der Waals surface area contributed by atoms with E-state index in [2.05, 4.69) is 10.4 Å². The summed E-state index contributed by atoms with van der Waals surface area (Å²) in [6.45, 7) is 3.15. The van der Waals surface area contributed by atoms with Gasteiger partial charge >= 0.3 is 0 Å². The second kappa shape index (κ2) is 8.17. The van der Waals surface area contributed by atoms with Crippen molar-refractivity contribution in [3.05, 3.63) is 53.7 Å². The van der Waals surface area contributed by atoms with Crippen molar-refractivity contribution in [3.8, 4) is 0 Å². The van der Waals surface area contributed by atoms with Crippen molar-refractivity contribution >= 4 is 32.5 Å². The molecule has 1 atom stereocenters. The SMILES string of the molecule is Cc1cccc2c(C(=O)Nc3cccc(S(N)(=O)=O)c3)n(CC3CCCCO3)nc12. The minimum absolute atomic E-state index is 0.00521. The van der Waals surface area contributed by atoms with Crippen molar-refractivity contribution in [2.45, 2.75) is 43.7 Å². The number of ether oxygens (including phenoxy) is 1. The van der Waals surface area contributed by atoms with E-state index in [1.807, 2.05) is 25.1 Å². The molecule has 0 spiro atoms. The van der Waals surface area contributed by atoms with Crippen molar-refractivity contribution in [1.29, 1.82) is 0 Å². The second-order valence-corrected chi connectivity index (χ2v) is 9.08. The van der Waals surface area contributed by atoms with Crippen LogP contribution in [0.1, 0.15) is 35.3 Å². The Morgan fingerprint density at radius 2 is 2.07 bits per heavy atom. The van der Waals surface area contributed by atoms with E-state index in [1.165, 1.54) is 18.2 Å². The maximum absolute atomic E-state index is 13.2. The molecule has 1 unspecified atom stereocenters. The van der Waals surface area contributed by atoms with Crippen LogP contribution in [-0.4, -0.2) is 36.8 Å². The number of carbonyl (C=O) groups excluding carboxylic acids is 1. The predicted octanol–water partition coefficient (Wildman–Crippen LogP) is 2.81. The zero-order valence-corrected chi connectivity index (χ0v) is 17.5. The Kier molecular flexibility index (Phi) is 5.59. The highest BCUT2D eigenvalue weighted by molar-refractivity contribution is 7.89. The molecule has 1 aliphatic rings. The van der Waals surface area contributed by atoms with Gasteiger partial charge in [-0.15, -0.1) is 0 Å². The topological polar surface area (TPSA) is 116 Å². The number of aryl methyl sites for hydroxylation is 1. The molecule has 30 heavy (non-hydrogen) atoms. The molecule has 9 heteroatoms. The summed E-state index contributed by atoms with van der Waals surface area (Å²) in [5.74, 6) is -0.370. The first kappa shape index (κ1) is 20.5. The smallest absolute Gasteiger partial charge is 0.274 e. The summed E-state index contributed by atoms with van der Waals surface area (Å²) in [7, 11) is -3.87. The zero-order chi connectivity index (χ0) is 21.3. The van der Waals surface area contributed by atoms with Gasteiger partial charge in [-0.25, -0.2) is 13.6 Å². The van der Waals surface area contributed by atoms with Crippen LogP contribution in [0.5, 0.6) is 0 Å². The molecule has 1 aliphatic heterocycles. The minimum atomic E-state index is -3.87. The fourth-order valence-electron chi connectivity index (χ4n) is 3.75. The zero-order valence-electron chi connectivity index (χ0n) is 16.7. The summed E-state index contributed by atoms with van der Waals surface area (Å²) in [6, 6.07) is 11.6. The third-order valence-electron chi connectivity index (χ3n) is 5.26. The molecular weight excluding hydrogens is 404 g/mol. The lowest BCUT2D eigenvalue weighted by Crippen LogP contribution is -2.28. The van der Waals surface area contributed by atoms with Crippen LogP contribution in [0.2, 0.25) is 0 Å². The molecule has 0 aliphatic carbocycles. The molecule has 4 rings (SSSR count). The predicted molar refractivity (Wildman–Crippen MR) is 114 cm³/mol. The quantitative estimate of drug-likeness (QED) is 0.648. The number of carbonyl (C=O) groups is 1. The number of hydrogen-bond acceptors (Lipinski definition) is 5. The molecule has 3 aromatic rings. The Balaban J connectivity index is 1.70. The third kappa shape index (κ3) is 4.23. The molecule has 0 bridgehead atoms. The number of benzene rings is 2. The van der Waals surface area contributed by atoms with Crippen molar-refractivity contribution < 1.29 is 17.9 Å². The first-order valence-corrected chi connectivity index (χ1v) is 11.4. The van der Waals surface area contributed by atoms with Crippen LogP contribution < -0.4 is 10.5 Å². The van der Waals surface area contributed by atoms with Gasteiger partial charge in [0.05, 0.1) is 23.1 Å². The standard InChI is InChI=1S/C21H24N4O4S/c1-14-6-4-10-18-19(14)24-25(13-16-8-2-3-11-29-16)20(18)21(26)23-15-7-5-9-17(12-15)30(22,27)28/h4-7,9-10,12,16H,2-3,8,11,13H2,1H3,(H,23,26)(H2,22,27,28). The molecule has 1 saturated heterocycles. The summed E-state index contributed by atoms with van der Waals surface area (Å²) >= 11 is 0. The highest BCUT2D eigenvalue weighted by Crippen LogP contribution is 2.25. The number of primary sulfonamides is 1. The van der Waals surface area contributed by atoms with Crippen molar-refractivity contribution in [1.82, 2.24) is 9.78 Å². The van der Waals surface area contributed by atoms with Gasteiger partial charge in [0, 0.05) is 17.7 Å². The van der Waals surface area contributed by atoms with Gasteiger partial charge in [0.1, 0.15) is 5.69 Å². The molecule has 3 N–H and O–H groups in total. The maximum atomic E-state index is 13.2. The number of hydrogen-bond donors (Lipinski definition) is 2. The Bertz CT molecular complexity index is 1200. The molecule has 1 amide bonds. The lowest BCUT2D eigenvalue weighted by molar-refractivity contribution is 0.00379. The van der Waals surface area contributed by atoms with E-state index in [-0.39, 0.29) is 16.9 Å². The van der Waals surface area contributed by atoms with E-state index in [0.29, 0.717) is 24.5 Å². The van der Waals surface area contributed by atoms with Crippen molar-refractivity contribution in [3.63, 3.8) is 0 Å². The fraction of sp³-hybridized carbons (Fsp3) is 0.333.